The Hall–Kier alpha value is -2.35. The number of benzene rings is 1. The van der Waals surface area contributed by atoms with Crippen molar-refractivity contribution in [3.8, 4) is 6.07 Å². The SMILES string of the molecule is Cc1ccc(CCC(=O)N2CCCN(C(=O)CC#N)CC2)cc1. The third-order valence-corrected chi connectivity index (χ3v) is 4.18. The van der Waals surface area contributed by atoms with Crippen LogP contribution in [0.4, 0.5) is 0 Å². The zero-order valence-electron chi connectivity index (χ0n) is 13.6. The second kappa shape index (κ2) is 8.33. The van der Waals surface area contributed by atoms with Crippen molar-refractivity contribution < 1.29 is 9.59 Å². The van der Waals surface area contributed by atoms with Gasteiger partial charge in [-0.2, -0.15) is 5.26 Å². The highest BCUT2D eigenvalue weighted by atomic mass is 16.2. The van der Waals surface area contributed by atoms with E-state index in [9.17, 15) is 9.59 Å². The number of nitrogens with zero attached hydrogens (tertiary/aromatic N) is 3. The zero-order chi connectivity index (χ0) is 16.7. The van der Waals surface area contributed by atoms with Gasteiger partial charge in [-0.1, -0.05) is 29.8 Å². The van der Waals surface area contributed by atoms with Gasteiger partial charge in [0.15, 0.2) is 0 Å². The summed E-state index contributed by atoms with van der Waals surface area (Å²) in [6.07, 6.45) is 1.93. The van der Waals surface area contributed by atoms with E-state index >= 15 is 0 Å². The molecular weight excluding hydrogens is 290 g/mol. The third-order valence-electron chi connectivity index (χ3n) is 4.18. The average Bonchev–Trinajstić information content (AvgIpc) is 2.80. The fourth-order valence-corrected chi connectivity index (χ4v) is 2.76. The van der Waals surface area contributed by atoms with E-state index in [2.05, 4.69) is 24.3 Å². The highest BCUT2D eigenvalue weighted by Gasteiger charge is 2.21. The van der Waals surface area contributed by atoms with Gasteiger partial charge in [0.2, 0.25) is 11.8 Å². The summed E-state index contributed by atoms with van der Waals surface area (Å²) in [5.41, 5.74) is 2.39. The lowest BCUT2D eigenvalue weighted by molar-refractivity contribution is -0.133. The van der Waals surface area contributed by atoms with E-state index in [1.165, 1.54) is 11.1 Å². The van der Waals surface area contributed by atoms with Crippen LogP contribution in [0.25, 0.3) is 0 Å². The summed E-state index contributed by atoms with van der Waals surface area (Å²) >= 11 is 0. The molecule has 0 aliphatic carbocycles. The molecule has 0 bridgehead atoms. The summed E-state index contributed by atoms with van der Waals surface area (Å²) in [7, 11) is 0. The lowest BCUT2D eigenvalue weighted by Crippen LogP contribution is -2.37. The van der Waals surface area contributed by atoms with Gasteiger partial charge in [-0.25, -0.2) is 0 Å². The van der Waals surface area contributed by atoms with Crippen LogP contribution in [0.15, 0.2) is 24.3 Å². The Balaban J connectivity index is 1.82. The molecule has 0 unspecified atom stereocenters. The van der Waals surface area contributed by atoms with Crippen molar-refractivity contribution in [1.82, 2.24) is 9.80 Å². The van der Waals surface area contributed by atoms with Gasteiger partial charge in [0.05, 0.1) is 6.07 Å². The fourth-order valence-electron chi connectivity index (χ4n) is 2.76. The van der Waals surface area contributed by atoms with Crippen LogP contribution in [0, 0.1) is 18.3 Å². The largest absolute Gasteiger partial charge is 0.341 e. The van der Waals surface area contributed by atoms with Crippen molar-refractivity contribution in [3.63, 3.8) is 0 Å². The molecule has 0 N–H and O–H groups in total. The minimum absolute atomic E-state index is 0.0820. The molecule has 1 aromatic rings. The smallest absolute Gasteiger partial charge is 0.236 e. The summed E-state index contributed by atoms with van der Waals surface area (Å²) < 4.78 is 0. The van der Waals surface area contributed by atoms with Crippen LogP contribution in [-0.2, 0) is 16.0 Å². The molecule has 0 spiro atoms. The number of hydrogen-bond acceptors (Lipinski definition) is 3. The molecule has 0 radical (unpaired) electrons. The fraction of sp³-hybridized carbons (Fsp3) is 0.500. The highest BCUT2D eigenvalue weighted by molar-refractivity contribution is 5.79. The molecule has 0 saturated carbocycles. The third kappa shape index (κ3) is 5.10. The number of aryl methyl sites for hydroxylation is 2. The van der Waals surface area contributed by atoms with E-state index in [0.717, 1.165) is 12.8 Å². The van der Waals surface area contributed by atoms with Crippen molar-refractivity contribution in [2.24, 2.45) is 0 Å². The Morgan fingerprint density at radius 1 is 1.04 bits per heavy atom. The average molecular weight is 313 g/mol. The lowest BCUT2D eigenvalue weighted by Gasteiger charge is -2.21. The van der Waals surface area contributed by atoms with Gasteiger partial charge in [-0.05, 0) is 25.3 Å². The topological polar surface area (TPSA) is 64.4 Å². The predicted molar refractivity (Wildman–Crippen MR) is 87.5 cm³/mol. The normalized spacial score (nSPS) is 15.0. The maximum Gasteiger partial charge on any atom is 0.236 e. The minimum atomic E-state index is -0.138. The van der Waals surface area contributed by atoms with Gasteiger partial charge in [-0.3, -0.25) is 9.59 Å². The molecule has 2 rings (SSSR count). The molecular formula is C18H23N3O2. The maximum atomic E-state index is 12.4. The van der Waals surface area contributed by atoms with Crippen molar-refractivity contribution in [1.29, 1.82) is 5.26 Å². The van der Waals surface area contributed by atoms with Gasteiger partial charge in [0.1, 0.15) is 6.42 Å². The molecule has 0 aromatic heterocycles. The second-order valence-corrected chi connectivity index (χ2v) is 5.94. The Bertz CT molecular complexity index is 589. The maximum absolute atomic E-state index is 12.4. The van der Waals surface area contributed by atoms with Gasteiger partial charge in [-0.15, -0.1) is 0 Å². The molecule has 0 atom stereocenters. The molecule has 23 heavy (non-hydrogen) atoms. The molecule has 1 heterocycles. The molecule has 1 aliphatic heterocycles. The van der Waals surface area contributed by atoms with Gasteiger partial charge < -0.3 is 9.80 Å². The highest BCUT2D eigenvalue weighted by Crippen LogP contribution is 2.10. The monoisotopic (exact) mass is 313 g/mol. The van der Waals surface area contributed by atoms with Gasteiger partial charge in [0.25, 0.3) is 0 Å². The summed E-state index contributed by atoms with van der Waals surface area (Å²) in [5, 5.41) is 8.61. The Morgan fingerprint density at radius 2 is 1.65 bits per heavy atom. The predicted octanol–water partition coefficient (Wildman–Crippen LogP) is 1.90. The van der Waals surface area contributed by atoms with E-state index in [0.29, 0.717) is 32.6 Å². The molecule has 1 aromatic carbocycles. The van der Waals surface area contributed by atoms with Crippen LogP contribution in [0.3, 0.4) is 0 Å². The first kappa shape index (κ1) is 17.0. The summed E-state index contributed by atoms with van der Waals surface area (Å²) in [5.74, 6) is 0.00149. The molecule has 5 nitrogen and oxygen atoms in total. The summed E-state index contributed by atoms with van der Waals surface area (Å²) in [4.78, 5) is 27.7. The molecule has 5 heteroatoms. The zero-order valence-corrected chi connectivity index (χ0v) is 13.6. The molecule has 1 saturated heterocycles. The summed E-state index contributed by atoms with van der Waals surface area (Å²) in [6, 6.07) is 10.1. The number of carbonyl (C=O) groups is 2. The van der Waals surface area contributed by atoms with Crippen LogP contribution in [0.1, 0.15) is 30.4 Å². The van der Waals surface area contributed by atoms with Crippen LogP contribution < -0.4 is 0 Å². The van der Waals surface area contributed by atoms with E-state index < -0.39 is 0 Å². The number of rotatable bonds is 4. The van der Waals surface area contributed by atoms with Crippen molar-refractivity contribution in [2.75, 3.05) is 26.2 Å². The molecule has 1 fully saturated rings. The van der Waals surface area contributed by atoms with E-state index in [4.69, 9.17) is 5.26 Å². The molecule has 2 amide bonds. The van der Waals surface area contributed by atoms with E-state index in [-0.39, 0.29) is 18.2 Å². The van der Waals surface area contributed by atoms with Crippen molar-refractivity contribution in [2.45, 2.75) is 32.6 Å². The lowest BCUT2D eigenvalue weighted by atomic mass is 10.1. The van der Waals surface area contributed by atoms with Crippen LogP contribution >= 0.6 is 0 Å². The van der Waals surface area contributed by atoms with E-state index in [1.54, 1.807) is 4.90 Å². The molecule has 1 aliphatic rings. The van der Waals surface area contributed by atoms with Gasteiger partial charge in [0, 0.05) is 32.6 Å². The first-order chi connectivity index (χ1) is 11.1. The minimum Gasteiger partial charge on any atom is -0.341 e. The quantitative estimate of drug-likeness (QED) is 0.853. The molecule has 122 valence electrons. The van der Waals surface area contributed by atoms with Crippen molar-refractivity contribution >= 4 is 11.8 Å². The first-order valence-corrected chi connectivity index (χ1v) is 8.08. The summed E-state index contributed by atoms with van der Waals surface area (Å²) in [6.45, 7) is 4.44. The Morgan fingerprint density at radius 3 is 2.26 bits per heavy atom. The number of nitriles is 1. The number of hydrogen-bond donors (Lipinski definition) is 0. The van der Waals surface area contributed by atoms with E-state index in [1.807, 2.05) is 17.9 Å². The van der Waals surface area contributed by atoms with Gasteiger partial charge >= 0.3 is 0 Å². The Labute approximate surface area is 137 Å². The van der Waals surface area contributed by atoms with Crippen LogP contribution in [0.5, 0.6) is 0 Å². The number of amides is 2. The first-order valence-electron chi connectivity index (χ1n) is 8.08. The number of carbonyl (C=O) groups excluding carboxylic acids is 2. The Kier molecular flexibility index (Phi) is 6.16. The second-order valence-electron chi connectivity index (χ2n) is 5.94. The standard InChI is InChI=1S/C18H23N3O2/c1-15-3-5-16(6-4-15)7-8-17(22)20-11-2-12-21(14-13-20)18(23)9-10-19/h3-6H,2,7-9,11-14H2,1H3. The van der Waals surface area contributed by atoms with Crippen LogP contribution in [0.2, 0.25) is 0 Å². The van der Waals surface area contributed by atoms with Crippen molar-refractivity contribution in [3.05, 3.63) is 35.4 Å². The van der Waals surface area contributed by atoms with Crippen LogP contribution in [-0.4, -0.2) is 47.8 Å².